The van der Waals surface area contributed by atoms with Gasteiger partial charge in [0.1, 0.15) is 17.7 Å². The summed E-state index contributed by atoms with van der Waals surface area (Å²) in [5, 5.41) is 5.87. The van der Waals surface area contributed by atoms with Gasteiger partial charge in [-0.15, -0.1) is 0 Å². The summed E-state index contributed by atoms with van der Waals surface area (Å²) in [6, 6.07) is 11.7. The summed E-state index contributed by atoms with van der Waals surface area (Å²) < 4.78 is 5.48. The molecule has 2 aromatic carbocycles. The molecule has 7 heteroatoms. The average Bonchev–Trinajstić information content (AvgIpc) is 2.77. The van der Waals surface area contributed by atoms with Crippen LogP contribution in [0.25, 0.3) is 0 Å². The minimum atomic E-state index is -0.938. The number of carbonyl (C=O) groups is 3. The zero-order chi connectivity index (χ0) is 29.7. The number of alkyl carbamates (subject to hydrolysis) is 1. The van der Waals surface area contributed by atoms with Gasteiger partial charge in [0.15, 0.2) is 0 Å². The van der Waals surface area contributed by atoms with Gasteiger partial charge < -0.3 is 20.3 Å². The number of carbonyl (C=O) groups excluding carboxylic acids is 3. The lowest BCUT2D eigenvalue weighted by Crippen LogP contribution is -2.58. The number of amides is 3. The van der Waals surface area contributed by atoms with Crippen molar-refractivity contribution in [2.24, 2.45) is 5.92 Å². The van der Waals surface area contributed by atoms with E-state index < -0.39 is 29.3 Å². The second kappa shape index (κ2) is 12.7. The second-order valence-corrected chi connectivity index (χ2v) is 12.8. The Labute approximate surface area is 234 Å². The van der Waals surface area contributed by atoms with Crippen LogP contribution in [0.4, 0.5) is 10.5 Å². The summed E-state index contributed by atoms with van der Waals surface area (Å²) in [4.78, 5) is 43.0. The van der Waals surface area contributed by atoms with E-state index in [1.807, 2.05) is 97.9 Å². The number of rotatable bonds is 8. The van der Waals surface area contributed by atoms with Gasteiger partial charge in [-0.2, -0.15) is 0 Å². The summed E-state index contributed by atoms with van der Waals surface area (Å²) in [5.74, 6) is -0.551. The van der Waals surface area contributed by atoms with Crippen molar-refractivity contribution in [2.45, 2.75) is 106 Å². The number of hydrogen-bond donors (Lipinski definition) is 2. The van der Waals surface area contributed by atoms with Crippen molar-refractivity contribution >= 4 is 23.6 Å². The fourth-order valence-electron chi connectivity index (χ4n) is 4.52. The molecule has 0 aliphatic rings. The van der Waals surface area contributed by atoms with E-state index in [1.165, 1.54) is 0 Å². The van der Waals surface area contributed by atoms with Crippen LogP contribution >= 0.6 is 0 Å². The van der Waals surface area contributed by atoms with Crippen molar-refractivity contribution in [2.75, 3.05) is 5.32 Å². The van der Waals surface area contributed by atoms with E-state index >= 15 is 0 Å². The van der Waals surface area contributed by atoms with Crippen LogP contribution in [0.5, 0.6) is 0 Å². The van der Waals surface area contributed by atoms with Crippen molar-refractivity contribution in [1.82, 2.24) is 10.2 Å². The van der Waals surface area contributed by atoms with Gasteiger partial charge in [0.2, 0.25) is 5.91 Å². The van der Waals surface area contributed by atoms with Crippen LogP contribution in [0, 0.1) is 26.7 Å². The van der Waals surface area contributed by atoms with Gasteiger partial charge in [0, 0.05) is 11.2 Å². The highest BCUT2D eigenvalue weighted by atomic mass is 16.6. The topological polar surface area (TPSA) is 87.7 Å². The molecular formula is C32H47N3O4. The lowest BCUT2D eigenvalue weighted by molar-refractivity contribution is -0.147. The number of aryl methyl sites for hydroxylation is 3. The highest BCUT2D eigenvalue weighted by Gasteiger charge is 2.42. The predicted molar refractivity (Wildman–Crippen MR) is 158 cm³/mol. The highest BCUT2D eigenvalue weighted by molar-refractivity contribution is 5.99. The third-order valence-corrected chi connectivity index (χ3v) is 6.30. The average molecular weight is 538 g/mol. The van der Waals surface area contributed by atoms with Gasteiger partial charge >= 0.3 is 6.09 Å². The standard InChI is InChI=1S/C32H47N3O4/c1-20(2)18-26(34-30(38)39-32(9,10)11)29(37)35(31(6,7)8)27(24-19-21(3)16-17-22(24)4)28(36)33-25-15-13-12-14-23(25)5/h12-17,19-20,26-27H,18H2,1-11H3,(H,33,36)(H,34,38). The number of ether oxygens (including phenoxy) is 1. The SMILES string of the molecule is Cc1ccc(C)c(C(C(=O)Nc2ccccc2C)N(C(=O)C(CC(C)C)NC(=O)OC(C)(C)C)C(C)(C)C)c1. The summed E-state index contributed by atoms with van der Waals surface area (Å²) in [6.45, 7) is 20.9. The van der Waals surface area contributed by atoms with Gasteiger partial charge in [-0.3, -0.25) is 9.59 Å². The monoisotopic (exact) mass is 537 g/mol. The van der Waals surface area contributed by atoms with Crippen molar-refractivity contribution in [3.05, 3.63) is 64.7 Å². The summed E-state index contributed by atoms with van der Waals surface area (Å²) in [7, 11) is 0. The number of nitrogens with one attached hydrogen (secondary N) is 2. The van der Waals surface area contributed by atoms with E-state index in [4.69, 9.17) is 4.74 Å². The molecule has 0 aromatic heterocycles. The van der Waals surface area contributed by atoms with Crippen molar-refractivity contribution in [3.8, 4) is 0 Å². The van der Waals surface area contributed by atoms with Gasteiger partial charge in [0.25, 0.3) is 5.91 Å². The number of para-hydroxylation sites is 1. The molecule has 2 N–H and O–H groups in total. The Balaban J connectivity index is 2.66. The van der Waals surface area contributed by atoms with Crippen LogP contribution in [-0.2, 0) is 14.3 Å². The second-order valence-electron chi connectivity index (χ2n) is 12.8. The molecule has 39 heavy (non-hydrogen) atoms. The van der Waals surface area contributed by atoms with Crippen LogP contribution in [0.1, 0.15) is 90.1 Å². The maximum atomic E-state index is 14.4. The third-order valence-electron chi connectivity index (χ3n) is 6.30. The van der Waals surface area contributed by atoms with E-state index in [-0.39, 0.29) is 17.7 Å². The van der Waals surface area contributed by atoms with E-state index in [9.17, 15) is 14.4 Å². The van der Waals surface area contributed by atoms with Crippen molar-refractivity contribution in [3.63, 3.8) is 0 Å². The smallest absolute Gasteiger partial charge is 0.408 e. The molecule has 0 aliphatic heterocycles. The predicted octanol–water partition coefficient (Wildman–Crippen LogP) is 6.86. The van der Waals surface area contributed by atoms with Crippen molar-refractivity contribution < 1.29 is 19.1 Å². The Morgan fingerprint density at radius 3 is 2.05 bits per heavy atom. The maximum Gasteiger partial charge on any atom is 0.408 e. The van der Waals surface area contributed by atoms with Crippen molar-refractivity contribution in [1.29, 1.82) is 0 Å². The van der Waals surface area contributed by atoms with Crippen LogP contribution in [-0.4, -0.2) is 40.0 Å². The Hall–Kier alpha value is -3.35. The molecule has 2 unspecified atom stereocenters. The first-order valence-corrected chi connectivity index (χ1v) is 13.7. The molecular weight excluding hydrogens is 490 g/mol. The fourth-order valence-corrected chi connectivity index (χ4v) is 4.52. The highest BCUT2D eigenvalue weighted by Crippen LogP contribution is 2.34. The van der Waals surface area contributed by atoms with Crippen LogP contribution in [0.15, 0.2) is 42.5 Å². The molecule has 0 saturated heterocycles. The van der Waals surface area contributed by atoms with Gasteiger partial charge in [-0.1, -0.05) is 55.8 Å². The molecule has 0 fully saturated rings. The van der Waals surface area contributed by atoms with Crippen LogP contribution in [0.3, 0.4) is 0 Å². The molecule has 0 radical (unpaired) electrons. The van der Waals surface area contributed by atoms with E-state index in [2.05, 4.69) is 10.6 Å². The quantitative estimate of drug-likeness (QED) is 0.385. The molecule has 2 atom stereocenters. The third kappa shape index (κ3) is 9.12. The molecule has 0 aliphatic carbocycles. The Morgan fingerprint density at radius 1 is 0.897 bits per heavy atom. The van der Waals surface area contributed by atoms with Crippen LogP contribution in [0.2, 0.25) is 0 Å². The molecule has 7 nitrogen and oxygen atoms in total. The molecule has 0 bridgehead atoms. The maximum absolute atomic E-state index is 14.4. The Bertz CT molecular complexity index is 1170. The minimum Gasteiger partial charge on any atom is -0.444 e. The minimum absolute atomic E-state index is 0.107. The Morgan fingerprint density at radius 2 is 1.51 bits per heavy atom. The lowest BCUT2D eigenvalue weighted by Gasteiger charge is -2.43. The molecule has 3 amide bonds. The number of benzene rings is 2. The number of anilines is 1. The number of nitrogens with zero attached hydrogens (tertiary/aromatic N) is 1. The summed E-state index contributed by atoms with van der Waals surface area (Å²) >= 11 is 0. The molecule has 2 aromatic rings. The molecule has 0 heterocycles. The first-order chi connectivity index (χ1) is 17.9. The van der Waals surface area contributed by atoms with Crippen LogP contribution < -0.4 is 10.6 Å². The first kappa shape index (κ1) is 31.9. The Kier molecular flexibility index (Phi) is 10.4. The van der Waals surface area contributed by atoms with E-state index in [0.29, 0.717) is 12.1 Å². The summed E-state index contributed by atoms with van der Waals surface area (Å²) in [5.41, 5.74) is 2.75. The van der Waals surface area contributed by atoms with E-state index in [0.717, 1.165) is 22.3 Å². The molecule has 214 valence electrons. The molecule has 0 spiro atoms. The van der Waals surface area contributed by atoms with Gasteiger partial charge in [-0.25, -0.2) is 4.79 Å². The zero-order valence-corrected chi connectivity index (χ0v) is 25.6. The lowest BCUT2D eigenvalue weighted by atomic mass is 9.91. The summed E-state index contributed by atoms with van der Waals surface area (Å²) in [6.07, 6.45) is -0.271. The zero-order valence-electron chi connectivity index (χ0n) is 25.6. The fraction of sp³-hybridized carbons (Fsp3) is 0.531. The first-order valence-electron chi connectivity index (χ1n) is 13.7. The molecule has 2 rings (SSSR count). The van der Waals surface area contributed by atoms with Gasteiger partial charge in [0.05, 0.1) is 0 Å². The number of hydrogen-bond acceptors (Lipinski definition) is 4. The normalized spacial score (nSPS) is 13.4. The van der Waals surface area contributed by atoms with Gasteiger partial charge in [-0.05, 0) is 97.4 Å². The molecule has 0 saturated carbocycles. The van der Waals surface area contributed by atoms with E-state index in [1.54, 1.807) is 25.7 Å². The largest absolute Gasteiger partial charge is 0.444 e.